The first-order chi connectivity index (χ1) is 13.4. The van der Waals surface area contributed by atoms with E-state index in [2.05, 4.69) is 10.0 Å². The fraction of sp³-hybridized carbons (Fsp3) is 0.263. The molecule has 0 atom stereocenters. The van der Waals surface area contributed by atoms with Gasteiger partial charge in [-0.1, -0.05) is 6.07 Å². The minimum absolute atomic E-state index is 0.0704. The number of rotatable bonds is 9. The van der Waals surface area contributed by atoms with Crippen molar-refractivity contribution < 1.29 is 27.5 Å². The Morgan fingerprint density at radius 3 is 2.43 bits per heavy atom. The number of ether oxygens (including phenoxy) is 2. The molecule has 0 bridgehead atoms. The average molecular weight is 406 g/mol. The maximum Gasteiger partial charge on any atom is 0.338 e. The van der Waals surface area contributed by atoms with Crippen molar-refractivity contribution in [1.29, 1.82) is 0 Å². The molecule has 0 saturated carbocycles. The summed E-state index contributed by atoms with van der Waals surface area (Å²) in [5.74, 6) is -0.326. The van der Waals surface area contributed by atoms with Gasteiger partial charge in [-0.25, -0.2) is 17.9 Å². The molecule has 150 valence electrons. The van der Waals surface area contributed by atoms with E-state index in [-0.39, 0.29) is 24.5 Å². The SMILES string of the molecule is CCOC(=O)c1cccc(NC(=O)CCNS(=O)(=O)c2ccc(OC)cc2)c1. The monoisotopic (exact) mass is 406 g/mol. The van der Waals surface area contributed by atoms with Crippen LogP contribution in [0.4, 0.5) is 5.69 Å². The lowest BCUT2D eigenvalue weighted by Crippen LogP contribution is -2.27. The molecule has 0 aromatic heterocycles. The van der Waals surface area contributed by atoms with E-state index >= 15 is 0 Å². The number of methoxy groups -OCH3 is 1. The number of hydrogen-bond donors (Lipinski definition) is 2. The van der Waals surface area contributed by atoms with E-state index in [1.54, 1.807) is 25.1 Å². The Balaban J connectivity index is 1.88. The molecule has 8 nitrogen and oxygen atoms in total. The van der Waals surface area contributed by atoms with Gasteiger partial charge < -0.3 is 14.8 Å². The van der Waals surface area contributed by atoms with Gasteiger partial charge in [0.2, 0.25) is 15.9 Å². The molecule has 0 unspecified atom stereocenters. The Hall–Kier alpha value is -2.91. The van der Waals surface area contributed by atoms with Gasteiger partial charge in [0.15, 0.2) is 0 Å². The van der Waals surface area contributed by atoms with Crippen LogP contribution in [0.5, 0.6) is 5.75 Å². The summed E-state index contributed by atoms with van der Waals surface area (Å²) in [6.07, 6.45) is -0.0704. The van der Waals surface area contributed by atoms with Crippen molar-refractivity contribution in [3.05, 3.63) is 54.1 Å². The van der Waals surface area contributed by atoms with E-state index in [4.69, 9.17) is 9.47 Å². The summed E-state index contributed by atoms with van der Waals surface area (Å²) in [6.45, 7) is 1.89. The standard InChI is InChI=1S/C19H22N2O6S/c1-3-27-19(23)14-5-4-6-15(13-14)21-18(22)11-12-20-28(24,25)17-9-7-16(26-2)8-10-17/h4-10,13,20H,3,11-12H2,1-2H3,(H,21,22). The van der Waals surface area contributed by atoms with E-state index in [0.717, 1.165) is 0 Å². The number of nitrogens with one attached hydrogen (secondary N) is 2. The molecule has 0 aliphatic rings. The number of carbonyl (C=O) groups is 2. The summed E-state index contributed by atoms with van der Waals surface area (Å²) >= 11 is 0. The Labute approximate surface area is 163 Å². The van der Waals surface area contributed by atoms with E-state index in [1.807, 2.05) is 0 Å². The Morgan fingerprint density at radius 2 is 1.79 bits per heavy atom. The maximum atomic E-state index is 12.2. The van der Waals surface area contributed by atoms with Crippen molar-refractivity contribution in [1.82, 2.24) is 4.72 Å². The summed E-state index contributed by atoms with van der Waals surface area (Å²) in [7, 11) is -2.24. The van der Waals surface area contributed by atoms with Gasteiger partial charge in [0, 0.05) is 18.7 Å². The van der Waals surface area contributed by atoms with Crippen molar-refractivity contribution in [2.45, 2.75) is 18.2 Å². The highest BCUT2D eigenvalue weighted by Gasteiger charge is 2.14. The molecule has 0 aliphatic carbocycles. The van der Waals surface area contributed by atoms with Crippen LogP contribution in [0.1, 0.15) is 23.7 Å². The van der Waals surface area contributed by atoms with Crippen LogP contribution in [0, 0.1) is 0 Å². The number of anilines is 1. The Bertz CT molecular complexity index is 926. The molecular weight excluding hydrogens is 384 g/mol. The molecule has 2 aromatic carbocycles. The molecule has 0 spiro atoms. The summed E-state index contributed by atoms with van der Waals surface area (Å²) < 4.78 is 36.7. The first kappa shape index (κ1) is 21.4. The first-order valence-corrected chi connectivity index (χ1v) is 10.0. The van der Waals surface area contributed by atoms with Gasteiger partial charge in [-0.15, -0.1) is 0 Å². The number of hydrogen-bond acceptors (Lipinski definition) is 6. The van der Waals surface area contributed by atoms with E-state index in [9.17, 15) is 18.0 Å². The molecule has 0 radical (unpaired) electrons. The third-order valence-electron chi connectivity index (χ3n) is 3.67. The van der Waals surface area contributed by atoms with Crippen molar-refractivity contribution in [3.8, 4) is 5.75 Å². The van der Waals surface area contributed by atoms with Gasteiger partial charge >= 0.3 is 5.97 Å². The van der Waals surface area contributed by atoms with Gasteiger partial charge in [-0.05, 0) is 49.4 Å². The Kier molecular flexibility index (Phi) is 7.53. The van der Waals surface area contributed by atoms with Crippen molar-refractivity contribution >= 4 is 27.6 Å². The normalized spacial score (nSPS) is 10.9. The van der Waals surface area contributed by atoms with Crippen LogP contribution in [0.2, 0.25) is 0 Å². The predicted octanol–water partition coefficient (Wildman–Crippen LogP) is 2.18. The van der Waals surface area contributed by atoms with Crippen molar-refractivity contribution in [3.63, 3.8) is 0 Å². The number of esters is 1. The highest BCUT2D eigenvalue weighted by molar-refractivity contribution is 7.89. The second-order valence-corrected chi connectivity index (χ2v) is 7.44. The van der Waals surface area contributed by atoms with Gasteiger partial charge in [-0.3, -0.25) is 4.79 Å². The summed E-state index contributed by atoms with van der Waals surface area (Å²) in [6, 6.07) is 12.2. The lowest BCUT2D eigenvalue weighted by molar-refractivity contribution is -0.116. The van der Waals surface area contributed by atoms with Crippen LogP contribution < -0.4 is 14.8 Å². The number of sulfonamides is 1. The quantitative estimate of drug-likeness (QED) is 0.618. The molecule has 0 fully saturated rings. The summed E-state index contributed by atoms with van der Waals surface area (Å²) in [4.78, 5) is 23.8. The maximum absolute atomic E-state index is 12.2. The molecule has 2 N–H and O–H groups in total. The van der Waals surface area contributed by atoms with E-state index < -0.39 is 21.9 Å². The highest BCUT2D eigenvalue weighted by atomic mass is 32.2. The number of benzene rings is 2. The predicted molar refractivity (Wildman–Crippen MR) is 104 cm³/mol. The topological polar surface area (TPSA) is 111 Å². The van der Waals surface area contributed by atoms with Gasteiger partial charge in [0.05, 0.1) is 24.2 Å². The molecular formula is C19H22N2O6S. The zero-order valence-corrected chi connectivity index (χ0v) is 16.4. The smallest absolute Gasteiger partial charge is 0.338 e. The zero-order valence-electron chi connectivity index (χ0n) is 15.6. The van der Waals surface area contributed by atoms with Gasteiger partial charge in [-0.2, -0.15) is 0 Å². The number of amides is 1. The van der Waals surface area contributed by atoms with Crippen molar-refractivity contribution in [2.75, 3.05) is 25.6 Å². The molecule has 28 heavy (non-hydrogen) atoms. The molecule has 0 aliphatic heterocycles. The van der Waals surface area contributed by atoms with Crippen LogP contribution in [0.3, 0.4) is 0 Å². The highest BCUT2D eigenvalue weighted by Crippen LogP contribution is 2.15. The largest absolute Gasteiger partial charge is 0.497 e. The minimum atomic E-state index is -3.72. The van der Waals surface area contributed by atoms with Gasteiger partial charge in [0.1, 0.15) is 5.75 Å². The second kappa shape index (κ2) is 9.86. The Morgan fingerprint density at radius 1 is 1.07 bits per heavy atom. The lowest BCUT2D eigenvalue weighted by atomic mass is 10.2. The molecule has 0 saturated heterocycles. The first-order valence-electron chi connectivity index (χ1n) is 8.56. The minimum Gasteiger partial charge on any atom is -0.497 e. The molecule has 2 aromatic rings. The average Bonchev–Trinajstić information content (AvgIpc) is 2.68. The lowest BCUT2D eigenvalue weighted by Gasteiger charge is -2.09. The van der Waals surface area contributed by atoms with Gasteiger partial charge in [0.25, 0.3) is 0 Å². The van der Waals surface area contributed by atoms with E-state index in [0.29, 0.717) is 17.0 Å². The third kappa shape index (κ3) is 6.07. The zero-order chi connectivity index (χ0) is 20.6. The second-order valence-electron chi connectivity index (χ2n) is 5.67. The third-order valence-corrected chi connectivity index (χ3v) is 5.15. The van der Waals surface area contributed by atoms with Crippen LogP contribution >= 0.6 is 0 Å². The van der Waals surface area contributed by atoms with Crippen LogP contribution in [-0.2, 0) is 19.6 Å². The summed E-state index contributed by atoms with van der Waals surface area (Å²) in [5.41, 5.74) is 0.744. The van der Waals surface area contributed by atoms with Crippen LogP contribution in [-0.4, -0.2) is 40.6 Å². The van der Waals surface area contributed by atoms with Crippen LogP contribution in [0.15, 0.2) is 53.4 Å². The fourth-order valence-corrected chi connectivity index (χ4v) is 3.33. The van der Waals surface area contributed by atoms with Crippen molar-refractivity contribution in [2.24, 2.45) is 0 Å². The van der Waals surface area contributed by atoms with Crippen LogP contribution in [0.25, 0.3) is 0 Å². The molecule has 9 heteroatoms. The fourth-order valence-electron chi connectivity index (χ4n) is 2.30. The molecule has 1 amide bonds. The molecule has 0 heterocycles. The van der Waals surface area contributed by atoms with E-state index in [1.165, 1.54) is 37.4 Å². The number of carbonyl (C=O) groups excluding carboxylic acids is 2. The molecule has 2 rings (SSSR count). The summed E-state index contributed by atoms with van der Waals surface area (Å²) in [5, 5.41) is 2.62.